The summed E-state index contributed by atoms with van der Waals surface area (Å²) in [7, 11) is 0. The van der Waals surface area contributed by atoms with Crippen molar-refractivity contribution in [2.75, 3.05) is 12.4 Å². The lowest BCUT2D eigenvalue weighted by Crippen LogP contribution is -2.20. The third kappa shape index (κ3) is 4.29. The maximum Gasteiger partial charge on any atom is 0.334 e. The van der Waals surface area contributed by atoms with E-state index in [9.17, 15) is 4.79 Å². The number of hydrogen-bond acceptors (Lipinski definition) is 4. The van der Waals surface area contributed by atoms with Crippen LogP contribution in [0.4, 0.5) is 0 Å². The van der Waals surface area contributed by atoms with E-state index in [0.717, 1.165) is 0 Å². The van der Waals surface area contributed by atoms with Crippen molar-refractivity contribution in [3.8, 4) is 0 Å². The quantitative estimate of drug-likeness (QED) is 0.434. The van der Waals surface area contributed by atoms with Gasteiger partial charge in [-0.2, -0.15) is 12.6 Å². The number of carbonyl (C=O) groups is 1. The topological polar surface area (TPSA) is 46.5 Å². The summed E-state index contributed by atoms with van der Waals surface area (Å²) >= 11 is 3.80. The van der Waals surface area contributed by atoms with Gasteiger partial charge in [-0.05, 0) is 6.92 Å². The fourth-order valence-corrected chi connectivity index (χ4v) is 0.358. The molecular weight excluding hydrogens is 140 g/mol. The average molecular weight is 150 g/mol. The van der Waals surface area contributed by atoms with E-state index in [-0.39, 0.29) is 6.61 Å². The van der Waals surface area contributed by atoms with E-state index in [1.165, 1.54) is 6.92 Å². The van der Waals surface area contributed by atoms with Crippen molar-refractivity contribution < 1.29 is 14.6 Å². The van der Waals surface area contributed by atoms with Crippen LogP contribution in [0.1, 0.15) is 6.92 Å². The third-order valence-corrected chi connectivity index (χ3v) is 0.859. The molecule has 0 aromatic carbocycles. The first kappa shape index (κ1) is 8.78. The molecule has 0 aliphatic rings. The first-order valence-corrected chi connectivity index (χ1v) is 3.27. The van der Waals surface area contributed by atoms with Crippen molar-refractivity contribution in [3.05, 3.63) is 0 Å². The highest BCUT2D eigenvalue weighted by Crippen LogP contribution is 1.86. The molecule has 0 aliphatic heterocycles. The van der Waals surface area contributed by atoms with Crippen LogP contribution in [0.25, 0.3) is 0 Å². The molecule has 0 saturated carbocycles. The van der Waals surface area contributed by atoms with Gasteiger partial charge in [-0.3, -0.25) is 0 Å². The highest BCUT2D eigenvalue weighted by atomic mass is 32.1. The van der Waals surface area contributed by atoms with E-state index in [4.69, 9.17) is 5.11 Å². The summed E-state index contributed by atoms with van der Waals surface area (Å²) in [6.07, 6.45) is -1.02. The van der Waals surface area contributed by atoms with Gasteiger partial charge in [-0.1, -0.05) is 0 Å². The monoisotopic (exact) mass is 150 g/mol. The van der Waals surface area contributed by atoms with Crippen LogP contribution in [0.3, 0.4) is 0 Å². The minimum absolute atomic E-state index is 0.257. The Balaban J connectivity index is 3.28. The van der Waals surface area contributed by atoms with Crippen LogP contribution < -0.4 is 0 Å². The molecule has 0 rings (SSSR count). The SMILES string of the molecule is CC(O)C(=O)OCCS. The molecule has 0 saturated heterocycles. The molecule has 0 spiro atoms. The van der Waals surface area contributed by atoms with E-state index in [2.05, 4.69) is 17.4 Å². The molecule has 4 heteroatoms. The highest BCUT2D eigenvalue weighted by molar-refractivity contribution is 7.80. The van der Waals surface area contributed by atoms with Crippen LogP contribution in [-0.4, -0.2) is 29.5 Å². The fraction of sp³-hybridized carbons (Fsp3) is 0.800. The Kier molecular flexibility index (Phi) is 4.53. The molecule has 0 amide bonds. The number of thiol groups is 1. The summed E-state index contributed by atoms with van der Waals surface area (Å²) in [5.41, 5.74) is 0. The second-order valence-electron chi connectivity index (χ2n) is 1.57. The summed E-state index contributed by atoms with van der Waals surface area (Å²) < 4.78 is 4.49. The summed E-state index contributed by atoms with van der Waals surface area (Å²) in [5.74, 6) is -0.109. The molecule has 1 unspecified atom stereocenters. The number of aliphatic hydroxyl groups excluding tert-OH is 1. The number of ether oxygens (including phenoxy) is 1. The number of rotatable bonds is 3. The smallest absolute Gasteiger partial charge is 0.334 e. The van der Waals surface area contributed by atoms with Gasteiger partial charge in [0.05, 0.1) is 0 Å². The van der Waals surface area contributed by atoms with Crippen molar-refractivity contribution in [2.24, 2.45) is 0 Å². The van der Waals surface area contributed by atoms with Gasteiger partial charge in [-0.25, -0.2) is 4.79 Å². The number of carbonyl (C=O) groups excluding carboxylic acids is 1. The number of hydrogen-bond donors (Lipinski definition) is 2. The van der Waals surface area contributed by atoms with Crippen molar-refractivity contribution in [1.29, 1.82) is 0 Å². The zero-order valence-corrected chi connectivity index (χ0v) is 6.10. The van der Waals surface area contributed by atoms with Crippen LogP contribution in [0.15, 0.2) is 0 Å². The molecule has 0 aromatic rings. The predicted molar refractivity (Wildman–Crippen MR) is 36.5 cm³/mol. The molecule has 3 nitrogen and oxygen atoms in total. The Hall–Kier alpha value is -0.220. The lowest BCUT2D eigenvalue weighted by Gasteiger charge is -2.02. The fourth-order valence-electron chi connectivity index (χ4n) is 0.267. The third-order valence-electron chi connectivity index (χ3n) is 0.677. The molecular formula is C5H10O3S. The minimum atomic E-state index is -1.02. The van der Waals surface area contributed by atoms with Gasteiger partial charge < -0.3 is 9.84 Å². The van der Waals surface area contributed by atoms with Crippen LogP contribution in [0, 0.1) is 0 Å². The Morgan fingerprint density at radius 2 is 2.44 bits per heavy atom. The minimum Gasteiger partial charge on any atom is -0.463 e. The Morgan fingerprint density at radius 1 is 1.89 bits per heavy atom. The Bertz CT molecular complexity index is 92.2. The zero-order valence-electron chi connectivity index (χ0n) is 5.20. The van der Waals surface area contributed by atoms with E-state index in [1.54, 1.807) is 0 Å². The van der Waals surface area contributed by atoms with Gasteiger partial charge in [0.1, 0.15) is 12.7 Å². The largest absolute Gasteiger partial charge is 0.463 e. The molecule has 54 valence electrons. The summed E-state index contributed by atoms with van der Waals surface area (Å²) in [5, 5.41) is 8.55. The van der Waals surface area contributed by atoms with Crippen molar-refractivity contribution in [1.82, 2.24) is 0 Å². The van der Waals surface area contributed by atoms with Gasteiger partial charge in [-0.15, -0.1) is 0 Å². The number of esters is 1. The van der Waals surface area contributed by atoms with E-state index in [0.29, 0.717) is 5.75 Å². The average Bonchev–Trinajstić information content (AvgIpc) is 1.82. The predicted octanol–water partition coefficient (Wildman–Crippen LogP) is -0.160. The summed E-state index contributed by atoms with van der Waals surface area (Å²) in [6.45, 7) is 1.62. The van der Waals surface area contributed by atoms with Gasteiger partial charge >= 0.3 is 5.97 Å². The lowest BCUT2D eigenvalue weighted by molar-refractivity contribution is -0.151. The lowest BCUT2D eigenvalue weighted by atomic mass is 10.4. The Morgan fingerprint density at radius 3 is 2.78 bits per heavy atom. The molecule has 1 N–H and O–H groups in total. The van der Waals surface area contributed by atoms with Crippen LogP contribution in [0.2, 0.25) is 0 Å². The van der Waals surface area contributed by atoms with Crippen molar-refractivity contribution in [3.63, 3.8) is 0 Å². The molecule has 1 atom stereocenters. The standard InChI is InChI=1S/C5H10O3S/c1-4(6)5(7)8-2-3-9/h4,6,9H,2-3H2,1H3. The summed E-state index contributed by atoms with van der Waals surface area (Å²) in [6, 6.07) is 0. The zero-order chi connectivity index (χ0) is 7.28. The molecule has 0 radical (unpaired) electrons. The normalized spacial score (nSPS) is 12.8. The van der Waals surface area contributed by atoms with Gasteiger partial charge in [0.15, 0.2) is 0 Å². The van der Waals surface area contributed by atoms with E-state index < -0.39 is 12.1 Å². The second kappa shape index (κ2) is 4.64. The molecule has 0 aromatic heterocycles. The first-order valence-electron chi connectivity index (χ1n) is 2.64. The van der Waals surface area contributed by atoms with Crippen LogP contribution >= 0.6 is 12.6 Å². The maximum atomic E-state index is 10.4. The number of aliphatic hydroxyl groups is 1. The van der Waals surface area contributed by atoms with Crippen molar-refractivity contribution in [2.45, 2.75) is 13.0 Å². The second-order valence-corrected chi connectivity index (χ2v) is 2.01. The van der Waals surface area contributed by atoms with Crippen molar-refractivity contribution >= 4 is 18.6 Å². The van der Waals surface area contributed by atoms with Gasteiger partial charge in [0, 0.05) is 5.75 Å². The Labute approximate surface area is 59.4 Å². The first-order chi connectivity index (χ1) is 4.18. The summed E-state index contributed by atoms with van der Waals surface area (Å²) in [4.78, 5) is 10.4. The molecule has 0 bridgehead atoms. The molecule has 0 aliphatic carbocycles. The van der Waals surface area contributed by atoms with Crippen LogP contribution in [0.5, 0.6) is 0 Å². The van der Waals surface area contributed by atoms with Gasteiger partial charge in [0.2, 0.25) is 0 Å². The van der Waals surface area contributed by atoms with E-state index >= 15 is 0 Å². The van der Waals surface area contributed by atoms with E-state index in [1.807, 2.05) is 0 Å². The highest BCUT2D eigenvalue weighted by Gasteiger charge is 2.07. The van der Waals surface area contributed by atoms with Crippen LogP contribution in [-0.2, 0) is 9.53 Å². The maximum absolute atomic E-state index is 10.4. The molecule has 9 heavy (non-hydrogen) atoms. The molecule has 0 heterocycles. The molecule has 0 fully saturated rings. The van der Waals surface area contributed by atoms with Gasteiger partial charge in [0.25, 0.3) is 0 Å².